The van der Waals surface area contributed by atoms with Gasteiger partial charge in [-0.25, -0.2) is 0 Å². The van der Waals surface area contributed by atoms with Gasteiger partial charge >= 0.3 is 71.2 Å². The van der Waals surface area contributed by atoms with E-state index in [9.17, 15) is 0 Å². The molecular weight excluding hydrogens is 469 g/mol. The summed E-state index contributed by atoms with van der Waals surface area (Å²) >= 11 is 0. The standard InChI is InChI=1S/2La.H3O4P.H2O4S/c;;2*1-5(2,3)4/h;;(H3,1,2,3,4);(H2,1,2,3,4)/q2*+3;;/p-5. The summed E-state index contributed by atoms with van der Waals surface area (Å²) in [5.41, 5.74) is 0. The van der Waals surface area contributed by atoms with E-state index in [0.717, 1.165) is 0 Å². The maximum Gasteiger partial charge on any atom is 3.00 e. The smallest absolute Gasteiger partial charge is 0.822 e. The predicted molar refractivity (Wildman–Crippen MR) is 18.1 cm³/mol. The van der Waals surface area contributed by atoms with Crippen LogP contribution in [0.4, 0.5) is 0 Å². The van der Waals surface area contributed by atoms with Gasteiger partial charge in [0.2, 0.25) is 0 Å². The van der Waals surface area contributed by atoms with Crippen LogP contribution in [0.3, 0.4) is 0 Å². The van der Waals surface area contributed by atoms with E-state index >= 15 is 0 Å². The minimum absolute atomic E-state index is 0. The molecule has 12 heteroatoms. The van der Waals surface area contributed by atoms with Gasteiger partial charge in [0.1, 0.15) is 0 Å². The second kappa shape index (κ2) is 9.91. The van der Waals surface area contributed by atoms with Crippen LogP contribution in [0, 0.1) is 71.2 Å². The maximum atomic E-state index is 8.55. The molecule has 0 atom stereocenters. The summed E-state index contributed by atoms with van der Waals surface area (Å²) in [6, 6.07) is 0. The third-order valence-electron chi connectivity index (χ3n) is 0. The first kappa shape index (κ1) is 23.9. The molecule has 0 aromatic rings. The first-order valence-electron chi connectivity index (χ1n) is 1.40. The summed E-state index contributed by atoms with van der Waals surface area (Å²) in [5, 5.41) is 0. The third-order valence-corrected chi connectivity index (χ3v) is 0. The van der Waals surface area contributed by atoms with Crippen molar-refractivity contribution in [2.45, 2.75) is 0 Å². The Labute approximate surface area is 124 Å². The Hall–Kier alpha value is 2.37. The first-order valence-corrected chi connectivity index (χ1v) is 4.19. The van der Waals surface area contributed by atoms with Crippen molar-refractivity contribution >= 4 is 18.2 Å². The monoisotopic (exact) mass is 469 g/mol. The third kappa shape index (κ3) is 285. The minimum atomic E-state index is -5.39. The zero-order valence-electron chi connectivity index (χ0n) is 5.28. The van der Waals surface area contributed by atoms with Crippen LogP contribution < -0.4 is 14.7 Å². The van der Waals surface area contributed by atoms with Gasteiger partial charge in [-0.05, 0) is 0 Å². The molecule has 0 aromatic carbocycles. The molecule has 0 saturated carbocycles. The first-order chi connectivity index (χ1) is 4.00. The summed E-state index contributed by atoms with van der Waals surface area (Å²) in [5.74, 6) is 0. The van der Waals surface area contributed by atoms with Gasteiger partial charge in [0.25, 0.3) is 0 Å². The summed E-state index contributed by atoms with van der Waals surface area (Å²) in [6.07, 6.45) is 0. The number of rotatable bonds is 0. The van der Waals surface area contributed by atoms with E-state index in [1.165, 1.54) is 0 Å². The Morgan fingerprint density at radius 3 is 0.917 bits per heavy atom. The Morgan fingerprint density at radius 2 is 0.917 bits per heavy atom. The van der Waals surface area contributed by atoms with Gasteiger partial charge in [-0.1, -0.05) is 0 Å². The molecular formula is La2O8PS+. The Balaban J connectivity index is -0.0000000457. The van der Waals surface area contributed by atoms with Crippen LogP contribution in [0.1, 0.15) is 0 Å². The maximum absolute atomic E-state index is 8.55. The van der Waals surface area contributed by atoms with Crippen molar-refractivity contribution in [2.24, 2.45) is 0 Å². The van der Waals surface area contributed by atoms with E-state index in [1.807, 2.05) is 0 Å². The zero-order chi connectivity index (χ0) is 9.00. The molecule has 12 heavy (non-hydrogen) atoms. The van der Waals surface area contributed by atoms with E-state index in [1.54, 1.807) is 0 Å². The van der Waals surface area contributed by atoms with E-state index in [2.05, 4.69) is 0 Å². The summed E-state index contributed by atoms with van der Waals surface area (Å²) in [7, 11) is -10.6. The van der Waals surface area contributed by atoms with Crippen molar-refractivity contribution in [2.75, 3.05) is 0 Å². The van der Waals surface area contributed by atoms with Gasteiger partial charge in [-0.2, -0.15) is 7.82 Å². The number of phosphoric acid groups is 1. The Bertz CT molecular complexity index is 195. The molecule has 64 valence electrons. The molecule has 0 saturated heterocycles. The van der Waals surface area contributed by atoms with Gasteiger partial charge < -0.3 is 28.4 Å². The quantitative estimate of drug-likeness (QED) is 0.196. The Kier molecular flexibility index (Phi) is 19.7. The van der Waals surface area contributed by atoms with Gasteiger partial charge in [0.15, 0.2) is 0 Å². The molecule has 0 N–H and O–H groups in total. The van der Waals surface area contributed by atoms with Gasteiger partial charge in [0.05, 0.1) is 0 Å². The molecule has 0 aliphatic heterocycles. The minimum Gasteiger partial charge on any atom is -0.822 e. The van der Waals surface area contributed by atoms with E-state index in [4.69, 9.17) is 36.8 Å². The van der Waals surface area contributed by atoms with E-state index in [0.29, 0.717) is 0 Å². The van der Waals surface area contributed by atoms with Crippen molar-refractivity contribution in [3.05, 3.63) is 0 Å². The molecule has 8 nitrogen and oxygen atoms in total. The van der Waals surface area contributed by atoms with Crippen LogP contribution in [0.15, 0.2) is 0 Å². The average molecular weight is 469 g/mol. The molecule has 0 aromatic heterocycles. The molecule has 0 bridgehead atoms. The molecule has 0 amide bonds. The van der Waals surface area contributed by atoms with Crippen LogP contribution >= 0.6 is 7.82 Å². The summed E-state index contributed by atoms with van der Waals surface area (Å²) in [6.45, 7) is 0. The second-order valence-corrected chi connectivity index (χ2v) is 2.57. The summed E-state index contributed by atoms with van der Waals surface area (Å²) < 4.78 is 42.6. The fraction of sp³-hybridized carbons (Fsp3) is 0. The SMILES string of the molecule is O=P([O-])([O-])[O-].O=S(=O)([O-])[O-].[La+3].[La+3]. The van der Waals surface area contributed by atoms with Crippen LogP contribution in [-0.4, -0.2) is 17.5 Å². The fourth-order valence-corrected chi connectivity index (χ4v) is 0. The van der Waals surface area contributed by atoms with Crippen LogP contribution in [-0.2, 0) is 15.0 Å². The van der Waals surface area contributed by atoms with Crippen LogP contribution in [0.2, 0.25) is 0 Å². The van der Waals surface area contributed by atoms with Crippen molar-refractivity contribution in [3.63, 3.8) is 0 Å². The van der Waals surface area contributed by atoms with Crippen molar-refractivity contribution in [3.8, 4) is 0 Å². The van der Waals surface area contributed by atoms with Crippen LogP contribution in [0.5, 0.6) is 0 Å². The zero-order valence-corrected chi connectivity index (χ0v) is 14.2. The predicted octanol–water partition coefficient (Wildman–Crippen LogP) is -4.16. The van der Waals surface area contributed by atoms with Gasteiger partial charge in [-0.15, -0.1) is 0 Å². The topological polar surface area (TPSA) is 167 Å². The largest absolute Gasteiger partial charge is 3.00 e. The van der Waals surface area contributed by atoms with E-state index in [-0.39, 0.29) is 71.2 Å². The van der Waals surface area contributed by atoms with Gasteiger partial charge in [-0.3, -0.25) is 8.42 Å². The molecule has 0 radical (unpaired) electrons. The molecule has 0 aliphatic rings. The van der Waals surface area contributed by atoms with E-state index < -0.39 is 18.2 Å². The molecule has 0 heterocycles. The van der Waals surface area contributed by atoms with Crippen molar-refractivity contribution in [1.82, 2.24) is 0 Å². The normalized spacial score (nSPS) is 9.75. The molecule has 0 unspecified atom stereocenters. The molecule has 0 aliphatic carbocycles. The summed E-state index contributed by atoms with van der Waals surface area (Å²) in [4.78, 5) is 25.6. The fourth-order valence-electron chi connectivity index (χ4n) is 0. The number of hydrogen-bond donors (Lipinski definition) is 0. The molecule has 0 rings (SSSR count). The van der Waals surface area contributed by atoms with Crippen molar-refractivity contribution < 1.29 is 108 Å². The Morgan fingerprint density at radius 1 is 0.917 bits per heavy atom. The average Bonchev–Trinajstić information content (AvgIpc) is 1.12. The molecule has 0 spiro atoms. The van der Waals surface area contributed by atoms with Crippen molar-refractivity contribution in [1.29, 1.82) is 0 Å². The number of hydrogen-bond acceptors (Lipinski definition) is 8. The second-order valence-electron chi connectivity index (χ2n) is 0.855. The molecule has 0 fully saturated rings. The van der Waals surface area contributed by atoms with Crippen LogP contribution in [0.25, 0.3) is 0 Å². The van der Waals surface area contributed by atoms with Gasteiger partial charge in [0, 0.05) is 10.4 Å².